The molecule has 0 saturated carbocycles. The second-order valence-electron chi connectivity index (χ2n) is 5.52. The van der Waals surface area contributed by atoms with Crippen LogP contribution >= 0.6 is 0 Å². The van der Waals surface area contributed by atoms with Gasteiger partial charge < -0.3 is 9.88 Å². The minimum atomic E-state index is -0.0713. The fourth-order valence-electron chi connectivity index (χ4n) is 3.06. The number of hydrogen-bond donors (Lipinski definition) is 1. The molecule has 0 unspecified atom stereocenters. The van der Waals surface area contributed by atoms with Crippen LogP contribution in [0.15, 0.2) is 48.5 Å². The number of rotatable bonds is 1. The zero-order chi connectivity index (χ0) is 15.3. The van der Waals surface area contributed by atoms with E-state index in [0.29, 0.717) is 0 Å². The van der Waals surface area contributed by atoms with Crippen LogP contribution in [0.3, 0.4) is 0 Å². The van der Waals surface area contributed by atoms with Crippen molar-refractivity contribution in [1.29, 1.82) is 0 Å². The zero-order valence-electron chi connectivity index (χ0n) is 12.4. The fourth-order valence-corrected chi connectivity index (χ4v) is 3.06. The Morgan fingerprint density at radius 2 is 1.95 bits per heavy atom. The Kier molecular flexibility index (Phi) is 2.66. The van der Waals surface area contributed by atoms with E-state index in [9.17, 15) is 4.79 Å². The maximum atomic E-state index is 11.3. The predicted molar refractivity (Wildman–Crippen MR) is 89.1 cm³/mol. The Labute approximate surface area is 127 Å². The van der Waals surface area contributed by atoms with Crippen LogP contribution in [-0.4, -0.2) is 15.5 Å². The van der Waals surface area contributed by atoms with E-state index >= 15 is 0 Å². The SMILES string of the molecule is CC(=O)Nc1ccc2nc3cc4ccccc4n(C)c-3c2c1. The summed E-state index contributed by atoms with van der Waals surface area (Å²) in [4.78, 5) is 16.0. The molecule has 2 aromatic carbocycles. The molecule has 4 nitrogen and oxygen atoms in total. The van der Waals surface area contributed by atoms with Crippen molar-refractivity contribution in [2.75, 3.05) is 5.32 Å². The van der Waals surface area contributed by atoms with E-state index in [1.54, 1.807) is 0 Å². The highest BCUT2D eigenvalue weighted by Gasteiger charge is 2.16. The summed E-state index contributed by atoms with van der Waals surface area (Å²) in [5.74, 6) is -0.0713. The van der Waals surface area contributed by atoms with Crippen molar-refractivity contribution in [3.63, 3.8) is 0 Å². The minimum Gasteiger partial charge on any atom is -0.342 e. The molecule has 2 aliphatic rings. The average Bonchev–Trinajstić information content (AvgIpc) is 2.84. The first-order chi connectivity index (χ1) is 10.6. The lowest BCUT2D eigenvalue weighted by Gasteiger charge is -2.12. The highest BCUT2D eigenvalue weighted by atomic mass is 16.1. The van der Waals surface area contributed by atoms with Crippen molar-refractivity contribution in [3.8, 4) is 11.4 Å². The van der Waals surface area contributed by atoms with Crippen molar-refractivity contribution in [3.05, 3.63) is 48.5 Å². The molecule has 1 N–H and O–H groups in total. The maximum absolute atomic E-state index is 11.3. The van der Waals surface area contributed by atoms with Crippen LogP contribution in [0.2, 0.25) is 0 Å². The molecule has 2 aromatic rings. The van der Waals surface area contributed by atoms with Gasteiger partial charge in [-0.05, 0) is 30.3 Å². The summed E-state index contributed by atoms with van der Waals surface area (Å²) in [5.41, 5.74) is 4.95. The Balaban J connectivity index is 2.07. The summed E-state index contributed by atoms with van der Waals surface area (Å²) in [6.45, 7) is 1.51. The van der Waals surface area contributed by atoms with Crippen molar-refractivity contribution in [2.45, 2.75) is 6.92 Å². The van der Waals surface area contributed by atoms with Crippen LogP contribution in [-0.2, 0) is 11.8 Å². The first kappa shape index (κ1) is 12.8. The lowest BCUT2D eigenvalue weighted by atomic mass is 10.1. The van der Waals surface area contributed by atoms with Crippen LogP contribution in [0.4, 0.5) is 5.69 Å². The molecule has 0 radical (unpaired) electrons. The van der Waals surface area contributed by atoms with E-state index in [1.165, 1.54) is 12.3 Å². The number of aromatic nitrogens is 2. The van der Waals surface area contributed by atoms with Crippen molar-refractivity contribution >= 4 is 33.4 Å². The first-order valence-electron chi connectivity index (χ1n) is 7.19. The number of carbonyl (C=O) groups is 1. The molecule has 0 aromatic heterocycles. The highest BCUT2D eigenvalue weighted by molar-refractivity contribution is 6.02. The van der Waals surface area contributed by atoms with Gasteiger partial charge in [-0.3, -0.25) is 4.79 Å². The van der Waals surface area contributed by atoms with E-state index in [-0.39, 0.29) is 5.91 Å². The number of pyridine rings is 1. The normalized spacial score (nSPS) is 11.4. The molecule has 4 heteroatoms. The summed E-state index contributed by atoms with van der Waals surface area (Å²) >= 11 is 0. The number of nitrogens with one attached hydrogen (secondary N) is 1. The molecular weight excluding hydrogens is 274 g/mol. The van der Waals surface area contributed by atoms with E-state index in [1.807, 2.05) is 30.3 Å². The second-order valence-corrected chi connectivity index (χ2v) is 5.52. The lowest BCUT2D eigenvalue weighted by Crippen LogP contribution is -2.05. The molecule has 0 atom stereocenters. The Hall–Kier alpha value is -2.88. The first-order valence-corrected chi connectivity index (χ1v) is 7.19. The third kappa shape index (κ3) is 1.84. The summed E-state index contributed by atoms with van der Waals surface area (Å²) in [6, 6.07) is 16.2. The average molecular weight is 289 g/mol. The molecule has 4 rings (SSSR count). The highest BCUT2D eigenvalue weighted by Crippen LogP contribution is 2.35. The molecule has 0 saturated heterocycles. The molecule has 108 valence electrons. The van der Waals surface area contributed by atoms with Gasteiger partial charge in [0.15, 0.2) is 0 Å². The number of aryl methyl sites for hydroxylation is 1. The van der Waals surface area contributed by atoms with Crippen LogP contribution < -0.4 is 5.32 Å². The van der Waals surface area contributed by atoms with Gasteiger partial charge in [0.2, 0.25) is 5.91 Å². The molecular formula is C18H15N3O. The van der Waals surface area contributed by atoms with Crippen LogP contribution in [0.5, 0.6) is 0 Å². The van der Waals surface area contributed by atoms with Crippen LogP contribution in [0.1, 0.15) is 6.92 Å². The van der Waals surface area contributed by atoms with Crippen molar-refractivity contribution in [2.24, 2.45) is 7.05 Å². The van der Waals surface area contributed by atoms with Crippen LogP contribution in [0, 0.1) is 0 Å². The number of hydrogen-bond acceptors (Lipinski definition) is 2. The number of para-hydroxylation sites is 1. The number of carbonyl (C=O) groups excluding carboxylic acids is 1. The molecule has 0 bridgehead atoms. The van der Waals surface area contributed by atoms with Crippen molar-refractivity contribution in [1.82, 2.24) is 9.55 Å². The van der Waals surface area contributed by atoms with Gasteiger partial charge in [0.25, 0.3) is 0 Å². The number of anilines is 1. The molecule has 0 fully saturated rings. The monoisotopic (exact) mass is 289 g/mol. The van der Waals surface area contributed by atoms with E-state index in [0.717, 1.165) is 33.5 Å². The summed E-state index contributed by atoms with van der Waals surface area (Å²) in [6.07, 6.45) is 0. The fraction of sp³-hybridized carbons (Fsp3) is 0.111. The smallest absolute Gasteiger partial charge is 0.221 e. The third-order valence-corrected chi connectivity index (χ3v) is 3.98. The van der Waals surface area contributed by atoms with Gasteiger partial charge in [-0.2, -0.15) is 0 Å². The molecule has 0 spiro atoms. The minimum absolute atomic E-state index is 0.0713. The van der Waals surface area contributed by atoms with E-state index < -0.39 is 0 Å². The summed E-state index contributed by atoms with van der Waals surface area (Å²) < 4.78 is 2.16. The van der Waals surface area contributed by atoms with Gasteiger partial charge in [0.1, 0.15) is 0 Å². The van der Waals surface area contributed by atoms with Gasteiger partial charge in [0, 0.05) is 35.9 Å². The van der Waals surface area contributed by atoms with E-state index in [2.05, 4.69) is 35.1 Å². The Bertz CT molecular complexity index is 1000. The Morgan fingerprint density at radius 3 is 2.77 bits per heavy atom. The third-order valence-electron chi connectivity index (χ3n) is 3.98. The number of amides is 1. The molecule has 22 heavy (non-hydrogen) atoms. The van der Waals surface area contributed by atoms with E-state index in [4.69, 9.17) is 4.98 Å². The van der Waals surface area contributed by atoms with Gasteiger partial charge in [-0.15, -0.1) is 0 Å². The topological polar surface area (TPSA) is 46.9 Å². The number of benzene rings is 2. The predicted octanol–water partition coefficient (Wildman–Crippen LogP) is 3.79. The molecule has 1 amide bonds. The molecule has 2 heterocycles. The zero-order valence-corrected chi connectivity index (χ0v) is 12.4. The number of fused-ring (bicyclic) bond motifs is 4. The summed E-state index contributed by atoms with van der Waals surface area (Å²) in [7, 11) is 2.05. The van der Waals surface area contributed by atoms with Gasteiger partial charge in [-0.1, -0.05) is 18.2 Å². The van der Waals surface area contributed by atoms with Crippen molar-refractivity contribution < 1.29 is 4.79 Å². The van der Waals surface area contributed by atoms with Crippen LogP contribution in [0.25, 0.3) is 33.2 Å². The maximum Gasteiger partial charge on any atom is 0.221 e. The van der Waals surface area contributed by atoms with Gasteiger partial charge in [0.05, 0.1) is 16.9 Å². The number of nitrogens with zero attached hydrogens (tertiary/aromatic N) is 2. The molecule has 0 aliphatic carbocycles. The molecule has 2 aliphatic heterocycles. The Morgan fingerprint density at radius 1 is 1.14 bits per heavy atom. The second kappa shape index (κ2) is 4.56. The summed E-state index contributed by atoms with van der Waals surface area (Å²) in [5, 5.41) is 5.05. The van der Waals surface area contributed by atoms with Gasteiger partial charge >= 0.3 is 0 Å². The largest absolute Gasteiger partial charge is 0.342 e. The van der Waals surface area contributed by atoms with Gasteiger partial charge in [-0.25, -0.2) is 4.98 Å². The lowest BCUT2D eigenvalue weighted by molar-refractivity contribution is -0.114. The quantitative estimate of drug-likeness (QED) is 0.579. The standard InChI is InChI=1S/C18H15N3O/c1-11(22)19-13-7-8-15-14(10-13)18-16(20-15)9-12-5-3-4-6-17(12)21(18)2/h3-10H,1-2H3,(H,19,22).